The van der Waals surface area contributed by atoms with E-state index in [-0.39, 0.29) is 23.6 Å². The first-order valence-electron chi connectivity index (χ1n) is 12.8. The lowest BCUT2D eigenvalue weighted by Gasteiger charge is -2.16. The molecule has 0 spiro atoms. The van der Waals surface area contributed by atoms with Crippen molar-refractivity contribution < 1.29 is 28.2 Å². The zero-order valence-electron chi connectivity index (χ0n) is 22.9. The molecular weight excluding hydrogens is 494 g/mol. The number of hydrogen-bond donors (Lipinski definition) is 1. The summed E-state index contributed by atoms with van der Waals surface area (Å²) in [5.41, 5.74) is 4.04. The molecular formula is C32H33NO6. The highest BCUT2D eigenvalue weighted by Crippen LogP contribution is 2.37. The third-order valence-electron chi connectivity index (χ3n) is 6.50. The first kappa shape index (κ1) is 27.5. The lowest BCUT2D eigenvalue weighted by atomic mass is 10.0. The molecule has 1 atom stereocenters. The Labute approximate surface area is 228 Å². The first-order valence-corrected chi connectivity index (χ1v) is 12.8. The molecule has 3 aromatic carbocycles. The fourth-order valence-corrected chi connectivity index (χ4v) is 4.38. The number of fused-ring (bicyclic) bond motifs is 1. The Bertz CT molecular complexity index is 1500. The number of amides is 1. The summed E-state index contributed by atoms with van der Waals surface area (Å²) in [5.74, 6) is 1.68. The molecule has 7 heteroatoms. The smallest absolute Gasteiger partial charge is 0.244 e. The summed E-state index contributed by atoms with van der Waals surface area (Å²) in [6.45, 7) is 5.73. The fraction of sp³-hybridized carbons (Fsp3) is 0.250. The zero-order valence-corrected chi connectivity index (χ0v) is 22.9. The SMILES string of the molecule is COc1ccc(CCNC(=O)/C=C(/C)c2ccc(OC(C)c3ccccc3)c3oc(C(C)=O)cc23)cc1OC. The predicted octanol–water partition coefficient (Wildman–Crippen LogP) is 6.55. The molecule has 0 aliphatic rings. The maximum Gasteiger partial charge on any atom is 0.244 e. The number of Topliss-reactive ketones (excluding diaryl/α,β-unsaturated/α-hetero) is 1. The minimum Gasteiger partial charge on any atom is -0.493 e. The average Bonchev–Trinajstić information content (AvgIpc) is 3.40. The van der Waals surface area contributed by atoms with E-state index in [1.54, 1.807) is 26.4 Å². The first-order chi connectivity index (χ1) is 18.8. The van der Waals surface area contributed by atoms with Crippen molar-refractivity contribution >= 4 is 28.2 Å². The van der Waals surface area contributed by atoms with E-state index in [4.69, 9.17) is 18.6 Å². The molecule has 1 amide bonds. The van der Waals surface area contributed by atoms with Crippen LogP contribution in [0.2, 0.25) is 0 Å². The van der Waals surface area contributed by atoms with Crippen molar-refractivity contribution in [3.05, 3.63) is 95.3 Å². The maximum atomic E-state index is 12.7. The van der Waals surface area contributed by atoms with Gasteiger partial charge in [-0.15, -0.1) is 0 Å². The highest BCUT2D eigenvalue weighted by molar-refractivity contribution is 6.03. The number of hydrogen-bond acceptors (Lipinski definition) is 6. The van der Waals surface area contributed by atoms with E-state index in [0.717, 1.165) is 22.3 Å². The van der Waals surface area contributed by atoms with Crippen LogP contribution in [-0.4, -0.2) is 32.5 Å². The van der Waals surface area contributed by atoms with Gasteiger partial charge in [-0.3, -0.25) is 9.59 Å². The second-order valence-electron chi connectivity index (χ2n) is 9.25. The minimum absolute atomic E-state index is 0.186. The Morgan fingerprint density at radius 1 is 0.923 bits per heavy atom. The maximum absolute atomic E-state index is 12.7. The highest BCUT2D eigenvalue weighted by Gasteiger charge is 2.19. The standard InChI is InChI=1S/C32H33NO6/c1-20(17-31(35)33-16-15-23-11-13-27(36-4)30(18-23)37-5)25-12-14-28(32-26(25)19-29(39-32)21(2)34)38-22(3)24-9-7-6-8-10-24/h6-14,17-19,22H,15-16H2,1-5H3,(H,33,35)/b20-17-. The van der Waals surface area contributed by atoms with Gasteiger partial charge in [0.25, 0.3) is 0 Å². The topological polar surface area (TPSA) is 87.0 Å². The van der Waals surface area contributed by atoms with E-state index in [2.05, 4.69) is 5.32 Å². The zero-order chi connectivity index (χ0) is 27.9. The van der Waals surface area contributed by atoms with Crippen molar-refractivity contribution in [1.29, 1.82) is 0 Å². The van der Waals surface area contributed by atoms with Crippen LogP contribution < -0.4 is 19.5 Å². The van der Waals surface area contributed by atoms with Crippen LogP contribution in [0.25, 0.3) is 16.5 Å². The van der Waals surface area contributed by atoms with E-state index in [0.29, 0.717) is 41.2 Å². The summed E-state index contributed by atoms with van der Waals surface area (Å²) in [5, 5.41) is 3.65. The van der Waals surface area contributed by atoms with Crippen LogP contribution in [0.5, 0.6) is 17.2 Å². The second-order valence-corrected chi connectivity index (χ2v) is 9.25. The molecule has 1 aromatic heterocycles. The highest BCUT2D eigenvalue weighted by atomic mass is 16.5. The molecule has 4 aromatic rings. The summed E-state index contributed by atoms with van der Waals surface area (Å²) in [6, 6.07) is 21.0. The van der Waals surface area contributed by atoms with E-state index in [9.17, 15) is 9.59 Å². The normalized spacial score (nSPS) is 12.2. The number of rotatable bonds is 11. The van der Waals surface area contributed by atoms with Crippen LogP contribution >= 0.6 is 0 Å². The lowest BCUT2D eigenvalue weighted by Crippen LogP contribution is -2.23. The van der Waals surface area contributed by atoms with Gasteiger partial charge in [0.1, 0.15) is 6.10 Å². The molecule has 7 nitrogen and oxygen atoms in total. The number of allylic oxidation sites excluding steroid dienone is 1. The molecule has 0 radical (unpaired) electrons. The van der Waals surface area contributed by atoms with Crippen molar-refractivity contribution in [2.75, 3.05) is 20.8 Å². The molecule has 0 bridgehead atoms. The van der Waals surface area contributed by atoms with Crippen molar-refractivity contribution in [3.63, 3.8) is 0 Å². The number of nitrogens with one attached hydrogen (secondary N) is 1. The Balaban J connectivity index is 1.51. The van der Waals surface area contributed by atoms with Gasteiger partial charge >= 0.3 is 0 Å². The molecule has 1 N–H and O–H groups in total. The molecule has 0 aliphatic heterocycles. The largest absolute Gasteiger partial charge is 0.493 e. The number of carbonyl (C=O) groups is 2. The fourth-order valence-electron chi connectivity index (χ4n) is 4.38. The average molecular weight is 528 g/mol. The summed E-state index contributed by atoms with van der Waals surface area (Å²) in [4.78, 5) is 24.8. The van der Waals surface area contributed by atoms with E-state index >= 15 is 0 Å². The molecule has 1 heterocycles. The predicted molar refractivity (Wildman–Crippen MR) is 152 cm³/mol. The monoisotopic (exact) mass is 527 g/mol. The second kappa shape index (κ2) is 12.3. The van der Waals surface area contributed by atoms with Gasteiger partial charge in [-0.05, 0) is 66.8 Å². The number of furan rings is 1. The van der Waals surface area contributed by atoms with Crippen LogP contribution in [0.4, 0.5) is 0 Å². The molecule has 4 rings (SSSR count). The Hall–Kier alpha value is -4.52. The molecule has 202 valence electrons. The number of benzene rings is 3. The Morgan fingerprint density at radius 3 is 2.33 bits per heavy atom. The molecule has 1 unspecified atom stereocenters. The number of ketones is 1. The molecule has 0 aliphatic carbocycles. The summed E-state index contributed by atoms with van der Waals surface area (Å²) in [7, 11) is 3.19. The van der Waals surface area contributed by atoms with E-state index < -0.39 is 0 Å². The van der Waals surface area contributed by atoms with Crippen LogP contribution in [0.15, 0.2) is 77.2 Å². The number of ether oxygens (including phenoxy) is 3. The molecule has 39 heavy (non-hydrogen) atoms. The van der Waals surface area contributed by atoms with Crippen molar-refractivity contribution in [2.24, 2.45) is 0 Å². The third-order valence-corrected chi connectivity index (χ3v) is 6.50. The van der Waals surface area contributed by atoms with Gasteiger partial charge < -0.3 is 23.9 Å². The van der Waals surface area contributed by atoms with Crippen LogP contribution in [0.1, 0.15) is 54.1 Å². The van der Waals surface area contributed by atoms with Gasteiger partial charge in [0.2, 0.25) is 5.91 Å². The van der Waals surface area contributed by atoms with Crippen LogP contribution in [0.3, 0.4) is 0 Å². The number of methoxy groups -OCH3 is 2. The van der Waals surface area contributed by atoms with Gasteiger partial charge in [-0.2, -0.15) is 0 Å². The van der Waals surface area contributed by atoms with Gasteiger partial charge in [0.05, 0.1) is 14.2 Å². The Morgan fingerprint density at radius 2 is 1.64 bits per heavy atom. The Kier molecular flexibility index (Phi) is 8.71. The third kappa shape index (κ3) is 6.49. The van der Waals surface area contributed by atoms with Crippen LogP contribution in [0, 0.1) is 0 Å². The van der Waals surface area contributed by atoms with Crippen molar-refractivity contribution in [3.8, 4) is 17.2 Å². The molecule has 0 fully saturated rings. The van der Waals surface area contributed by atoms with Crippen LogP contribution in [-0.2, 0) is 11.2 Å². The van der Waals surface area contributed by atoms with E-state index in [1.807, 2.05) is 74.5 Å². The quantitative estimate of drug-likeness (QED) is 0.176. The molecule has 0 saturated heterocycles. The van der Waals surface area contributed by atoms with Crippen molar-refractivity contribution in [2.45, 2.75) is 33.3 Å². The summed E-state index contributed by atoms with van der Waals surface area (Å²) >= 11 is 0. The minimum atomic E-state index is -0.223. The summed E-state index contributed by atoms with van der Waals surface area (Å²) < 4.78 is 22.8. The molecule has 0 saturated carbocycles. The lowest BCUT2D eigenvalue weighted by molar-refractivity contribution is -0.116. The van der Waals surface area contributed by atoms with Crippen molar-refractivity contribution in [1.82, 2.24) is 5.32 Å². The van der Waals surface area contributed by atoms with E-state index in [1.165, 1.54) is 6.92 Å². The van der Waals surface area contributed by atoms with Gasteiger partial charge in [0.15, 0.2) is 34.4 Å². The van der Waals surface area contributed by atoms with Gasteiger partial charge in [-0.1, -0.05) is 42.5 Å². The van der Waals surface area contributed by atoms with Gasteiger partial charge in [-0.25, -0.2) is 0 Å². The number of carbonyl (C=O) groups excluding carboxylic acids is 2. The summed E-state index contributed by atoms with van der Waals surface area (Å²) in [6.07, 6.45) is 1.97. The van der Waals surface area contributed by atoms with Gasteiger partial charge in [0, 0.05) is 24.9 Å².